The third-order valence-corrected chi connectivity index (χ3v) is 5.05. The van der Waals surface area contributed by atoms with E-state index in [0.29, 0.717) is 12.1 Å². The van der Waals surface area contributed by atoms with Crippen LogP contribution in [0.5, 0.6) is 0 Å². The van der Waals surface area contributed by atoms with Gasteiger partial charge in [0.15, 0.2) is 0 Å². The van der Waals surface area contributed by atoms with Gasteiger partial charge in [0.1, 0.15) is 11.1 Å². The summed E-state index contributed by atoms with van der Waals surface area (Å²) in [5.74, 6) is -0.370. The van der Waals surface area contributed by atoms with E-state index in [1.54, 1.807) is 12.1 Å². The lowest BCUT2D eigenvalue weighted by molar-refractivity contribution is 0.0943. The van der Waals surface area contributed by atoms with E-state index in [0.717, 1.165) is 35.8 Å². The molecule has 3 aromatic rings. The second-order valence-corrected chi connectivity index (χ2v) is 6.80. The van der Waals surface area contributed by atoms with Crippen molar-refractivity contribution in [3.8, 4) is 0 Å². The van der Waals surface area contributed by atoms with E-state index in [1.807, 2.05) is 30.3 Å². The Morgan fingerprint density at radius 3 is 2.69 bits per heavy atom. The zero-order valence-electron chi connectivity index (χ0n) is 14.7. The molecule has 5 heteroatoms. The summed E-state index contributed by atoms with van der Waals surface area (Å²) in [5.41, 5.74) is -0.0330. The van der Waals surface area contributed by atoms with Gasteiger partial charge in [-0.05, 0) is 48.8 Å². The zero-order valence-corrected chi connectivity index (χ0v) is 14.7. The van der Waals surface area contributed by atoms with Gasteiger partial charge >= 0.3 is 5.63 Å². The maximum atomic E-state index is 12.5. The molecular weight excluding hydrogens is 328 g/mol. The molecule has 1 amide bonds. The molecule has 1 N–H and O–H groups in total. The summed E-state index contributed by atoms with van der Waals surface area (Å²) in [6.07, 6.45) is 3.72. The van der Waals surface area contributed by atoms with Crippen molar-refractivity contribution in [3.63, 3.8) is 0 Å². The average molecular weight is 350 g/mol. The quantitative estimate of drug-likeness (QED) is 0.580. The summed E-state index contributed by atoms with van der Waals surface area (Å²) >= 11 is 0. The Balaban J connectivity index is 1.56. The number of nitrogens with zero attached hydrogens (tertiary/aromatic N) is 1. The normalized spacial score (nSPS) is 15.4. The van der Waals surface area contributed by atoms with Crippen LogP contribution in [0, 0.1) is 0 Å². The first-order chi connectivity index (χ1) is 12.7. The largest absolute Gasteiger partial charge is 0.422 e. The zero-order chi connectivity index (χ0) is 17.9. The third-order valence-electron chi connectivity index (χ3n) is 5.05. The molecule has 4 rings (SSSR count). The monoisotopic (exact) mass is 350 g/mol. The number of hydrogen-bond donors (Lipinski definition) is 1. The minimum atomic E-state index is -0.594. The Hall–Kier alpha value is -2.66. The standard InChI is InChI=1S/C21H22N2O3/c24-20(22-10-13-23-11-4-1-5-12-23)18-14-17-16-7-3-2-6-15(16)8-9-19(17)26-21(18)25/h2-3,6-9,14H,1,4-5,10-13H2,(H,22,24). The van der Waals surface area contributed by atoms with Crippen LogP contribution in [0.15, 0.2) is 51.7 Å². The van der Waals surface area contributed by atoms with E-state index in [9.17, 15) is 9.59 Å². The van der Waals surface area contributed by atoms with Crippen LogP contribution in [0.25, 0.3) is 21.7 Å². The topological polar surface area (TPSA) is 62.6 Å². The molecule has 0 unspecified atom stereocenters. The van der Waals surface area contributed by atoms with Crippen molar-refractivity contribution in [1.82, 2.24) is 10.2 Å². The summed E-state index contributed by atoms with van der Waals surface area (Å²) in [4.78, 5) is 27.1. The van der Waals surface area contributed by atoms with E-state index in [1.165, 1.54) is 19.3 Å². The molecule has 26 heavy (non-hydrogen) atoms. The van der Waals surface area contributed by atoms with E-state index < -0.39 is 5.63 Å². The molecule has 0 bridgehead atoms. The summed E-state index contributed by atoms with van der Waals surface area (Å²) in [6.45, 7) is 3.51. The molecule has 134 valence electrons. The van der Waals surface area contributed by atoms with Crippen molar-refractivity contribution in [2.45, 2.75) is 19.3 Å². The van der Waals surface area contributed by atoms with Gasteiger partial charge in [-0.1, -0.05) is 36.8 Å². The first-order valence-corrected chi connectivity index (χ1v) is 9.18. The molecular formula is C21H22N2O3. The van der Waals surface area contributed by atoms with Crippen LogP contribution in [-0.2, 0) is 0 Å². The van der Waals surface area contributed by atoms with Gasteiger partial charge in [-0.2, -0.15) is 0 Å². The highest BCUT2D eigenvalue weighted by Crippen LogP contribution is 2.24. The van der Waals surface area contributed by atoms with Crippen molar-refractivity contribution in [2.24, 2.45) is 0 Å². The Morgan fingerprint density at radius 1 is 1.04 bits per heavy atom. The fourth-order valence-corrected chi connectivity index (χ4v) is 3.64. The van der Waals surface area contributed by atoms with Crippen LogP contribution < -0.4 is 10.9 Å². The fourth-order valence-electron chi connectivity index (χ4n) is 3.64. The third kappa shape index (κ3) is 3.35. The highest BCUT2D eigenvalue weighted by molar-refractivity contribution is 6.07. The molecule has 1 aromatic heterocycles. The molecule has 0 spiro atoms. The SMILES string of the molecule is O=C(NCCN1CCCCC1)c1cc2c(ccc3ccccc32)oc1=O. The number of likely N-dealkylation sites (tertiary alicyclic amines) is 1. The summed E-state index contributed by atoms with van der Waals surface area (Å²) in [5, 5.41) is 5.66. The van der Waals surface area contributed by atoms with Gasteiger partial charge in [0.2, 0.25) is 0 Å². The molecule has 0 saturated carbocycles. The second kappa shape index (κ2) is 7.30. The molecule has 0 aliphatic carbocycles. The van der Waals surface area contributed by atoms with Crippen LogP contribution in [0.4, 0.5) is 0 Å². The average Bonchev–Trinajstić information content (AvgIpc) is 2.68. The van der Waals surface area contributed by atoms with Crippen molar-refractivity contribution in [1.29, 1.82) is 0 Å². The maximum Gasteiger partial charge on any atom is 0.349 e. The predicted octanol–water partition coefficient (Wildman–Crippen LogP) is 3.16. The van der Waals surface area contributed by atoms with Gasteiger partial charge in [-0.25, -0.2) is 4.79 Å². The van der Waals surface area contributed by atoms with Gasteiger partial charge in [-0.15, -0.1) is 0 Å². The van der Waals surface area contributed by atoms with Crippen molar-refractivity contribution >= 4 is 27.6 Å². The number of rotatable bonds is 4. The predicted molar refractivity (Wildman–Crippen MR) is 103 cm³/mol. The highest BCUT2D eigenvalue weighted by atomic mass is 16.4. The lowest BCUT2D eigenvalue weighted by Crippen LogP contribution is -2.38. The van der Waals surface area contributed by atoms with E-state index in [-0.39, 0.29) is 11.5 Å². The van der Waals surface area contributed by atoms with Crippen LogP contribution in [0.3, 0.4) is 0 Å². The van der Waals surface area contributed by atoms with Gasteiger partial charge in [0.05, 0.1) is 0 Å². The smallest absolute Gasteiger partial charge is 0.349 e. The molecule has 2 aromatic carbocycles. The van der Waals surface area contributed by atoms with Gasteiger partial charge < -0.3 is 14.6 Å². The Kier molecular flexibility index (Phi) is 4.71. The number of fused-ring (bicyclic) bond motifs is 3. The number of carbonyl (C=O) groups is 1. The number of carbonyl (C=O) groups excluding carboxylic acids is 1. The Bertz CT molecular complexity index is 1000. The lowest BCUT2D eigenvalue weighted by Gasteiger charge is -2.26. The first-order valence-electron chi connectivity index (χ1n) is 9.18. The van der Waals surface area contributed by atoms with Crippen LogP contribution in [0.1, 0.15) is 29.6 Å². The number of nitrogens with one attached hydrogen (secondary N) is 1. The number of benzene rings is 2. The van der Waals surface area contributed by atoms with Gasteiger partial charge in [-0.3, -0.25) is 4.79 Å². The first kappa shape index (κ1) is 16.8. The van der Waals surface area contributed by atoms with Crippen LogP contribution in [-0.4, -0.2) is 37.0 Å². The summed E-state index contributed by atoms with van der Waals surface area (Å²) < 4.78 is 5.39. The highest BCUT2D eigenvalue weighted by Gasteiger charge is 2.15. The van der Waals surface area contributed by atoms with Crippen LogP contribution in [0.2, 0.25) is 0 Å². The van der Waals surface area contributed by atoms with Gasteiger partial charge in [0, 0.05) is 18.5 Å². The minimum Gasteiger partial charge on any atom is -0.422 e. The Morgan fingerprint density at radius 2 is 1.85 bits per heavy atom. The maximum absolute atomic E-state index is 12.5. The van der Waals surface area contributed by atoms with Crippen LogP contribution >= 0.6 is 0 Å². The molecule has 2 heterocycles. The van der Waals surface area contributed by atoms with E-state index >= 15 is 0 Å². The molecule has 0 atom stereocenters. The van der Waals surface area contributed by atoms with Crippen molar-refractivity contribution in [3.05, 3.63) is 58.4 Å². The molecule has 1 saturated heterocycles. The number of hydrogen-bond acceptors (Lipinski definition) is 4. The van der Waals surface area contributed by atoms with E-state index in [2.05, 4.69) is 10.2 Å². The fraction of sp³-hybridized carbons (Fsp3) is 0.333. The van der Waals surface area contributed by atoms with Crippen molar-refractivity contribution < 1.29 is 9.21 Å². The summed E-state index contributed by atoms with van der Waals surface area (Å²) in [7, 11) is 0. The molecule has 1 aliphatic heterocycles. The molecule has 1 aliphatic rings. The summed E-state index contributed by atoms with van der Waals surface area (Å²) in [6, 6.07) is 13.2. The number of amides is 1. The lowest BCUT2D eigenvalue weighted by atomic mass is 10.0. The molecule has 5 nitrogen and oxygen atoms in total. The number of piperidine rings is 1. The molecule has 1 fully saturated rings. The molecule has 0 radical (unpaired) electrons. The van der Waals surface area contributed by atoms with E-state index in [4.69, 9.17) is 4.42 Å². The Labute approximate surface area is 151 Å². The minimum absolute atomic E-state index is 0.0625. The second-order valence-electron chi connectivity index (χ2n) is 6.80. The van der Waals surface area contributed by atoms with Crippen molar-refractivity contribution in [2.75, 3.05) is 26.2 Å². The van der Waals surface area contributed by atoms with Gasteiger partial charge in [0.25, 0.3) is 5.91 Å².